The first-order valence-electron chi connectivity index (χ1n) is 12.9. The summed E-state index contributed by atoms with van der Waals surface area (Å²) in [7, 11) is 0. The number of hydrogen-bond acceptors (Lipinski definition) is 2. The number of halogens is 2. The summed E-state index contributed by atoms with van der Waals surface area (Å²) in [5.41, 5.74) is 1.33. The second kappa shape index (κ2) is 11.8. The number of carbonyl (C=O) groups excluding carboxylic acids is 2. The highest BCUT2D eigenvalue weighted by Crippen LogP contribution is 2.39. The monoisotopic (exact) mass is 514 g/mol. The Morgan fingerprint density at radius 3 is 1.40 bits per heavy atom. The number of nitrogens with one attached hydrogen (secondary N) is 2. The van der Waals surface area contributed by atoms with Gasteiger partial charge < -0.3 is 10.6 Å². The van der Waals surface area contributed by atoms with E-state index in [2.05, 4.69) is 24.5 Å². The highest BCUT2D eigenvalue weighted by Gasteiger charge is 2.33. The fourth-order valence-corrected chi connectivity index (χ4v) is 6.30. The molecular formula is C29H36Cl2N2O2. The molecule has 2 aliphatic rings. The van der Waals surface area contributed by atoms with E-state index in [4.69, 9.17) is 23.2 Å². The number of rotatable bonds is 6. The maximum atomic E-state index is 12.6. The highest BCUT2D eigenvalue weighted by atomic mass is 35.5. The van der Waals surface area contributed by atoms with Crippen LogP contribution in [0.2, 0.25) is 10.0 Å². The van der Waals surface area contributed by atoms with E-state index in [0.717, 1.165) is 38.5 Å². The zero-order valence-corrected chi connectivity index (χ0v) is 22.1. The van der Waals surface area contributed by atoms with Crippen molar-refractivity contribution in [3.8, 4) is 0 Å². The van der Waals surface area contributed by atoms with Crippen molar-refractivity contribution in [2.75, 3.05) is 0 Å². The lowest BCUT2D eigenvalue weighted by Gasteiger charge is -2.39. The van der Waals surface area contributed by atoms with E-state index in [0.29, 0.717) is 44.8 Å². The fourth-order valence-electron chi connectivity index (χ4n) is 6.05. The predicted molar refractivity (Wildman–Crippen MR) is 143 cm³/mol. The number of hydrogen-bond donors (Lipinski definition) is 2. The van der Waals surface area contributed by atoms with Crippen molar-refractivity contribution in [1.29, 1.82) is 0 Å². The molecule has 0 radical (unpaired) electrons. The lowest BCUT2D eigenvalue weighted by Crippen LogP contribution is -2.44. The normalized spacial score (nSPS) is 28.8. The van der Waals surface area contributed by atoms with Crippen LogP contribution in [0.3, 0.4) is 0 Å². The Morgan fingerprint density at radius 2 is 1.06 bits per heavy atom. The zero-order chi connectivity index (χ0) is 24.9. The lowest BCUT2D eigenvalue weighted by molar-refractivity contribution is 0.0869. The van der Waals surface area contributed by atoms with Crippen molar-refractivity contribution in [1.82, 2.24) is 10.6 Å². The van der Waals surface area contributed by atoms with Gasteiger partial charge in [-0.05, 0) is 117 Å². The van der Waals surface area contributed by atoms with Gasteiger partial charge in [0.2, 0.25) is 0 Å². The average Bonchev–Trinajstić information content (AvgIpc) is 2.83. The first-order valence-corrected chi connectivity index (χ1v) is 13.7. The molecule has 0 aliphatic heterocycles. The molecule has 2 amide bonds. The van der Waals surface area contributed by atoms with Gasteiger partial charge in [0.15, 0.2) is 0 Å². The van der Waals surface area contributed by atoms with Crippen molar-refractivity contribution in [2.24, 2.45) is 23.7 Å². The number of amides is 2. The van der Waals surface area contributed by atoms with Crippen molar-refractivity contribution >= 4 is 35.0 Å². The van der Waals surface area contributed by atoms with Crippen LogP contribution >= 0.6 is 23.2 Å². The molecule has 2 saturated carbocycles. The van der Waals surface area contributed by atoms with Crippen LogP contribution < -0.4 is 10.6 Å². The van der Waals surface area contributed by atoms with E-state index < -0.39 is 0 Å². The summed E-state index contributed by atoms with van der Waals surface area (Å²) >= 11 is 11.9. The van der Waals surface area contributed by atoms with Crippen LogP contribution in [0.5, 0.6) is 0 Å². The molecule has 2 N–H and O–H groups in total. The highest BCUT2D eigenvalue weighted by molar-refractivity contribution is 6.31. The van der Waals surface area contributed by atoms with Crippen molar-refractivity contribution in [3.05, 3.63) is 69.7 Å². The topological polar surface area (TPSA) is 58.2 Å². The number of benzene rings is 2. The Morgan fingerprint density at radius 1 is 0.686 bits per heavy atom. The molecule has 0 heterocycles. The summed E-state index contributed by atoms with van der Waals surface area (Å²) in [4.78, 5) is 25.3. The molecule has 6 heteroatoms. The maximum Gasteiger partial charge on any atom is 0.251 e. The molecule has 188 valence electrons. The zero-order valence-electron chi connectivity index (χ0n) is 20.6. The molecule has 4 rings (SSSR count). The molecule has 2 fully saturated rings. The maximum absolute atomic E-state index is 12.6. The van der Waals surface area contributed by atoms with Crippen LogP contribution in [-0.2, 0) is 0 Å². The van der Waals surface area contributed by atoms with Gasteiger partial charge in [-0.25, -0.2) is 0 Å². The van der Waals surface area contributed by atoms with E-state index in [-0.39, 0.29) is 23.9 Å². The summed E-state index contributed by atoms with van der Waals surface area (Å²) in [6, 6.07) is 14.6. The van der Waals surface area contributed by atoms with Crippen LogP contribution in [-0.4, -0.2) is 23.9 Å². The molecule has 35 heavy (non-hydrogen) atoms. The Hall–Kier alpha value is -2.04. The standard InChI is InChI=1S/C29H36Cl2N2O2/c1-18-15-20(3-13-26(18)32-28(34)22-5-9-24(30)10-6-22)17-21-4-14-27(19(2)16-21)33-29(35)23-7-11-25(31)12-8-23/h5-12,18-21,26-27H,3-4,13-17H2,1-2H3,(H,32,34)(H,33,35)/t18-,19+,20-,21-,26-,27+/m1/s1. The van der Waals surface area contributed by atoms with Crippen molar-refractivity contribution in [2.45, 2.75) is 70.9 Å². The largest absolute Gasteiger partial charge is 0.349 e. The van der Waals surface area contributed by atoms with Crippen LogP contribution in [0.1, 0.15) is 79.5 Å². The molecule has 4 nitrogen and oxygen atoms in total. The molecule has 0 saturated heterocycles. The van der Waals surface area contributed by atoms with E-state index in [1.165, 1.54) is 6.42 Å². The fraction of sp³-hybridized carbons (Fsp3) is 0.517. The third-order valence-electron chi connectivity index (χ3n) is 8.07. The van der Waals surface area contributed by atoms with Crippen LogP contribution in [0.25, 0.3) is 0 Å². The third-order valence-corrected chi connectivity index (χ3v) is 8.57. The van der Waals surface area contributed by atoms with Gasteiger partial charge in [0.1, 0.15) is 0 Å². The minimum Gasteiger partial charge on any atom is -0.349 e. The molecule has 0 spiro atoms. The number of carbonyl (C=O) groups is 2. The Balaban J connectivity index is 1.21. The molecule has 2 aliphatic carbocycles. The third kappa shape index (κ3) is 7.01. The van der Waals surface area contributed by atoms with Gasteiger partial charge in [-0.3, -0.25) is 9.59 Å². The molecular weight excluding hydrogens is 479 g/mol. The van der Waals surface area contributed by atoms with E-state index in [1.54, 1.807) is 48.5 Å². The van der Waals surface area contributed by atoms with Crippen molar-refractivity contribution < 1.29 is 9.59 Å². The summed E-state index contributed by atoms with van der Waals surface area (Å²) in [6.45, 7) is 4.54. The second-order valence-corrected chi connectivity index (χ2v) is 11.6. The second-order valence-electron chi connectivity index (χ2n) is 10.7. The van der Waals surface area contributed by atoms with Gasteiger partial charge in [0.25, 0.3) is 11.8 Å². The van der Waals surface area contributed by atoms with Crippen LogP contribution in [0, 0.1) is 23.7 Å². The predicted octanol–water partition coefficient (Wildman–Crippen LogP) is 7.15. The van der Waals surface area contributed by atoms with Crippen molar-refractivity contribution in [3.63, 3.8) is 0 Å². The molecule has 0 aromatic heterocycles. The quantitative estimate of drug-likeness (QED) is 0.429. The van der Waals surface area contributed by atoms with Gasteiger partial charge >= 0.3 is 0 Å². The summed E-state index contributed by atoms with van der Waals surface area (Å²) in [6.07, 6.45) is 7.97. The van der Waals surface area contributed by atoms with Gasteiger partial charge in [-0.1, -0.05) is 37.0 Å². The average molecular weight is 516 g/mol. The van der Waals surface area contributed by atoms with Crippen LogP contribution in [0.4, 0.5) is 0 Å². The Kier molecular flexibility index (Phi) is 8.77. The first-order chi connectivity index (χ1) is 16.8. The lowest BCUT2D eigenvalue weighted by atomic mass is 9.70. The summed E-state index contributed by atoms with van der Waals surface area (Å²) in [5, 5.41) is 7.78. The first kappa shape index (κ1) is 26.0. The van der Waals surface area contributed by atoms with E-state index in [1.807, 2.05) is 0 Å². The van der Waals surface area contributed by atoms with Crippen LogP contribution in [0.15, 0.2) is 48.5 Å². The Bertz CT molecular complexity index is 927. The summed E-state index contributed by atoms with van der Waals surface area (Å²) < 4.78 is 0. The smallest absolute Gasteiger partial charge is 0.251 e. The van der Waals surface area contributed by atoms with E-state index >= 15 is 0 Å². The minimum atomic E-state index is -0.00948. The minimum absolute atomic E-state index is 0.00948. The van der Waals surface area contributed by atoms with Gasteiger partial charge in [-0.2, -0.15) is 0 Å². The molecule has 0 bridgehead atoms. The SMILES string of the molecule is C[C@@H]1C[C@H](C[C@@H]2CC[C@H](NC(=O)c3ccc(Cl)cc3)[C@@H](C)C2)CC[C@H]1NC(=O)c1ccc(Cl)cc1. The van der Waals surface area contributed by atoms with E-state index in [9.17, 15) is 9.59 Å². The van der Waals surface area contributed by atoms with Gasteiger partial charge in [0, 0.05) is 33.3 Å². The van der Waals surface area contributed by atoms with Gasteiger partial charge in [0.05, 0.1) is 0 Å². The Labute approximate surface area is 219 Å². The molecule has 2 aromatic carbocycles. The van der Waals surface area contributed by atoms with Gasteiger partial charge in [-0.15, -0.1) is 0 Å². The molecule has 2 aromatic rings. The molecule has 0 unspecified atom stereocenters. The summed E-state index contributed by atoms with van der Waals surface area (Å²) in [5.74, 6) is 2.35. The molecule has 6 atom stereocenters.